The molecule has 2 atom stereocenters. The number of aliphatic hydroxyl groups is 1. The molecule has 1 fully saturated rings. The van der Waals surface area contributed by atoms with Crippen molar-refractivity contribution in [1.82, 2.24) is 9.78 Å². The largest absolute Gasteiger partial charge is 0.387 e. The van der Waals surface area contributed by atoms with E-state index in [0.29, 0.717) is 23.7 Å². The highest BCUT2D eigenvalue weighted by molar-refractivity contribution is 6.31. The molecule has 0 spiro atoms. The highest BCUT2D eigenvalue weighted by Gasteiger charge is 2.24. The Hall–Kier alpha value is -0.580. The summed E-state index contributed by atoms with van der Waals surface area (Å²) in [6, 6.07) is 0. The molecule has 2 unspecified atom stereocenters. The van der Waals surface area contributed by atoms with Crippen LogP contribution >= 0.6 is 11.6 Å². The second kappa shape index (κ2) is 5.17. The van der Waals surface area contributed by atoms with Crippen LogP contribution in [-0.4, -0.2) is 27.6 Å². The summed E-state index contributed by atoms with van der Waals surface area (Å²) in [6.07, 6.45) is 3.86. The van der Waals surface area contributed by atoms with Crippen molar-refractivity contribution in [1.29, 1.82) is 0 Å². The van der Waals surface area contributed by atoms with Crippen molar-refractivity contribution in [3.05, 3.63) is 16.9 Å². The highest BCUT2D eigenvalue weighted by atomic mass is 35.5. The lowest BCUT2D eigenvalue weighted by Crippen LogP contribution is -2.15. The summed E-state index contributed by atoms with van der Waals surface area (Å²) < 4.78 is 7.24. The first-order valence-electron chi connectivity index (χ1n) is 5.73. The Kier molecular flexibility index (Phi) is 3.84. The molecule has 0 amide bonds. The van der Waals surface area contributed by atoms with E-state index < -0.39 is 6.10 Å². The van der Waals surface area contributed by atoms with E-state index in [2.05, 4.69) is 5.10 Å². The van der Waals surface area contributed by atoms with Crippen molar-refractivity contribution in [2.24, 2.45) is 0 Å². The minimum absolute atomic E-state index is 0.159. The van der Waals surface area contributed by atoms with Crippen LogP contribution in [0.4, 0.5) is 0 Å². The average Bonchev–Trinajstić information content (AvgIpc) is 2.87. The van der Waals surface area contributed by atoms with Crippen LogP contribution < -0.4 is 0 Å². The number of aliphatic hydroxyl groups excluding tert-OH is 1. The fourth-order valence-electron chi connectivity index (χ4n) is 2.15. The van der Waals surface area contributed by atoms with Gasteiger partial charge >= 0.3 is 0 Å². The lowest BCUT2D eigenvalue weighted by molar-refractivity contribution is 0.0501. The van der Waals surface area contributed by atoms with Gasteiger partial charge in [0.15, 0.2) is 0 Å². The normalized spacial score (nSPS) is 22.6. The van der Waals surface area contributed by atoms with Gasteiger partial charge in [-0.3, -0.25) is 4.68 Å². The monoisotopic (exact) mass is 244 g/mol. The van der Waals surface area contributed by atoms with E-state index in [1.807, 2.05) is 6.92 Å². The van der Waals surface area contributed by atoms with Crippen LogP contribution in [0, 0.1) is 0 Å². The van der Waals surface area contributed by atoms with Gasteiger partial charge in [-0.05, 0) is 19.8 Å². The van der Waals surface area contributed by atoms with Gasteiger partial charge in [-0.15, -0.1) is 0 Å². The molecule has 1 N–H and O–H groups in total. The van der Waals surface area contributed by atoms with Gasteiger partial charge in [-0.2, -0.15) is 5.10 Å². The van der Waals surface area contributed by atoms with Crippen LogP contribution in [0.25, 0.3) is 0 Å². The molecular formula is C11H17ClN2O2. The van der Waals surface area contributed by atoms with E-state index in [1.54, 1.807) is 10.9 Å². The van der Waals surface area contributed by atoms with Gasteiger partial charge in [-0.25, -0.2) is 0 Å². The summed E-state index contributed by atoms with van der Waals surface area (Å²) in [4.78, 5) is 0. The summed E-state index contributed by atoms with van der Waals surface area (Å²) in [5, 5.41) is 14.8. The molecule has 0 saturated carbocycles. The summed E-state index contributed by atoms with van der Waals surface area (Å²) >= 11 is 6.02. The van der Waals surface area contributed by atoms with Crippen molar-refractivity contribution in [2.75, 3.05) is 6.61 Å². The fraction of sp³-hybridized carbons (Fsp3) is 0.727. The van der Waals surface area contributed by atoms with Crippen LogP contribution in [0.2, 0.25) is 5.02 Å². The number of nitrogens with zero attached hydrogens (tertiary/aromatic N) is 2. The topological polar surface area (TPSA) is 47.3 Å². The summed E-state index contributed by atoms with van der Waals surface area (Å²) in [6.45, 7) is 3.49. The number of rotatable bonds is 4. The first-order valence-corrected chi connectivity index (χ1v) is 6.11. The first kappa shape index (κ1) is 11.9. The fourth-order valence-corrected chi connectivity index (χ4v) is 2.41. The smallest absolute Gasteiger partial charge is 0.0996 e. The number of aromatic nitrogens is 2. The standard InChI is InChI=1S/C11H17ClN2O2/c1-2-14-11(9(12)7-13-14)10(15)6-8-4-3-5-16-8/h7-8,10,15H,2-6H2,1H3. The Morgan fingerprint density at radius 1 is 1.75 bits per heavy atom. The van der Waals surface area contributed by atoms with E-state index in [0.717, 1.165) is 19.4 Å². The predicted molar refractivity (Wildman–Crippen MR) is 61.5 cm³/mol. The molecule has 2 heterocycles. The van der Waals surface area contributed by atoms with Crippen LogP contribution in [0.15, 0.2) is 6.20 Å². The Bertz CT molecular complexity index is 348. The molecule has 1 aliphatic rings. The molecule has 0 aromatic carbocycles. The minimum atomic E-state index is -0.585. The third-order valence-corrected chi connectivity index (χ3v) is 3.25. The van der Waals surface area contributed by atoms with E-state index in [9.17, 15) is 5.11 Å². The Morgan fingerprint density at radius 2 is 2.56 bits per heavy atom. The van der Waals surface area contributed by atoms with Gasteiger partial charge in [0.25, 0.3) is 0 Å². The number of aryl methyl sites for hydroxylation is 1. The van der Waals surface area contributed by atoms with Gasteiger partial charge < -0.3 is 9.84 Å². The summed E-state index contributed by atoms with van der Waals surface area (Å²) in [5.41, 5.74) is 0.708. The Balaban J connectivity index is 2.06. The zero-order valence-electron chi connectivity index (χ0n) is 9.40. The second-order valence-electron chi connectivity index (χ2n) is 4.08. The quantitative estimate of drug-likeness (QED) is 0.883. The molecule has 16 heavy (non-hydrogen) atoms. The van der Waals surface area contributed by atoms with E-state index in [-0.39, 0.29) is 6.10 Å². The molecule has 4 nitrogen and oxygen atoms in total. The highest BCUT2D eigenvalue weighted by Crippen LogP contribution is 2.29. The molecule has 90 valence electrons. The second-order valence-corrected chi connectivity index (χ2v) is 4.49. The SMILES string of the molecule is CCn1ncc(Cl)c1C(O)CC1CCCO1. The maximum Gasteiger partial charge on any atom is 0.0996 e. The van der Waals surface area contributed by atoms with Gasteiger partial charge in [0, 0.05) is 19.6 Å². The van der Waals surface area contributed by atoms with Crippen molar-refractivity contribution in [3.8, 4) is 0 Å². The Morgan fingerprint density at radius 3 is 3.19 bits per heavy atom. The third-order valence-electron chi connectivity index (χ3n) is 2.96. The zero-order chi connectivity index (χ0) is 11.5. The molecule has 2 rings (SSSR count). The van der Waals surface area contributed by atoms with Gasteiger partial charge in [0.05, 0.1) is 29.1 Å². The van der Waals surface area contributed by atoms with Crippen LogP contribution in [0.1, 0.15) is 38.0 Å². The summed E-state index contributed by atoms with van der Waals surface area (Å²) in [5.74, 6) is 0. The molecule has 0 aliphatic carbocycles. The number of hydrogen-bond acceptors (Lipinski definition) is 3. The third kappa shape index (κ3) is 2.39. The molecule has 5 heteroatoms. The van der Waals surface area contributed by atoms with E-state index in [4.69, 9.17) is 16.3 Å². The van der Waals surface area contributed by atoms with Crippen LogP contribution in [0.3, 0.4) is 0 Å². The molecular weight excluding hydrogens is 228 g/mol. The van der Waals surface area contributed by atoms with Gasteiger partial charge in [0.2, 0.25) is 0 Å². The molecule has 0 bridgehead atoms. The maximum atomic E-state index is 10.1. The van der Waals surface area contributed by atoms with Crippen molar-refractivity contribution in [3.63, 3.8) is 0 Å². The van der Waals surface area contributed by atoms with Crippen LogP contribution in [-0.2, 0) is 11.3 Å². The number of halogens is 1. The average molecular weight is 245 g/mol. The summed E-state index contributed by atoms with van der Waals surface area (Å²) in [7, 11) is 0. The molecule has 0 radical (unpaired) electrons. The lowest BCUT2D eigenvalue weighted by Gasteiger charge is -2.16. The number of ether oxygens (including phenoxy) is 1. The van der Waals surface area contributed by atoms with E-state index >= 15 is 0 Å². The zero-order valence-corrected chi connectivity index (χ0v) is 10.2. The van der Waals surface area contributed by atoms with Crippen molar-refractivity contribution >= 4 is 11.6 Å². The number of hydrogen-bond donors (Lipinski definition) is 1. The molecule has 1 aromatic rings. The van der Waals surface area contributed by atoms with Gasteiger partial charge in [0.1, 0.15) is 0 Å². The Labute approximate surface area is 100 Å². The van der Waals surface area contributed by atoms with Gasteiger partial charge in [-0.1, -0.05) is 11.6 Å². The van der Waals surface area contributed by atoms with E-state index in [1.165, 1.54) is 0 Å². The van der Waals surface area contributed by atoms with Crippen molar-refractivity contribution in [2.45, 2.75) is 44.9 Å². The van der Waals surface area contributed by atoms with Crippen LogP contribution in [0.5, 0.6) is 0 Å². The predicted octanol–water partition coefficient (Wildman–Crippen LogP) is 2.16. The minimum Gasteiger partial charge on any atom is -0.387 e. The lowest BCUT2D eigenvalue weighted by atomic mass is 10.1. The molecule has 1 saturated heterocycles. The van der Waals surface area contributed by atoms with Crippen molar-refractivity contribution < 1.29 is 9.84 Å². The molecule has 1 aromatic heterocycles. The molecule has 1 aliphatic heterocycles. The maximum absolute atomic E-state index is 10.1. The first-order chi connectivity index (χ1) is 7.72.